The van der Waals surface area contributed by atoms with Gasteiger partial charge in [0.15, 0.2) is 5.82 Å². The molecule has 0 amide bonds. The monoisotopic (exact) mass is 387 g/mol. The molecule has 1 saturated carbocycles. The highest BCUT2D eigenvalue weighted by atomic mass is 16.5. The van der Waals surface area contributed by atoms with E-state index in [0.717, 1.165) is 18.4 Å². The van der Waals surface area contributed by atoms with Gasteiger partial charge in [0.1, 0.15) is 29.8 Å². The summed E-state index contributed by atoms with van der Waals surface area (Å²) in [5.74, 6) is 3.38. The summed E-state index contributed by atoms with van der Waals surface area (Å²) in [6, 6.07) is 5.41. The van der Waals surface area contributed by atoms with Gasteiger partial charge in [-0.2, -0.15) is 5.10 Å². The van der Waals surface area contributed by atoms with E-state index in [1.165, 1.54) is 0 Å². The molecule has 152 valence electrons. The molecule has 0 spiro atoms. The van der Waals surface area contributed by atoms with Gasteiger partial charge in [0.05, 0.1) is 19.8 Å². The van der Waals surface area contributed by atoms with Crippen molar-refractivity contribution < 1.29 is 19.0 Å². The number of aromatic nitrogens is 3. The third kappa shape index (κ3) is 4.46. The number of benzene rings is 1. The van der Waals surface area contributed by atoms with Gasteiger partial charge in [-0.15, -0.1) is 0 Å². The molecule has 0 bridgehead atoms. The number of hydrogen-bond acceptors (Lipinski definition) is 6. The third-order valence-electron chi connectivity index (χ3n) is 5.43. The lowest BCUT2D eigenvalue weighted by molar-refractivity contribution is -0.157. The largest absolute Gasteiger partial charge is 0.497 e. The number of hydrogen-bond donors (Lipinski definition) is 1. The van der Waals surface area contributed by atoms with Crippen LogP contribution in [-0.2, 0) is 16.0 Å². The van der Waals surface area contributed by atoms with E-state index in [2.05, 4.69) is 36.0 Å². The summed E-state index contributed by atoms with van der Waals surface area (Å²) < 4.78 is 16.4. The summed E-state index contributed by atoms with van der Waals surface area (Å²) >= 11 is 0. The van der Waals surface area contributed by atoms with E-state index < -0.39 is 0 Å². The van der Waals surface area contributed by atoms with Gasteiger partial charge in [-0.05, 0) is 42.7 Å². The number of aromatic amines is 1. The van der Waals surface area contributed by atoms with Crippen molar-refractivity contribution in [2.75, 3.05) is 14.2 Å². The maximum atomic E-state index is 12.5. The van der Waals surface area contributed by atoms with Crippen molar-refractivity contribution in [1.29, 1.82) is 0 Å². The molecule has 1 aliphatic rings. The molecule has 1 aliphatic carbocycles. The molecule has 1 aromatic carbocycles. The van der Waals surface area contributed by atoms with Crippen molar-refractivity contribution in [2.24, 2.45) is 17.8 Å². The number of methoxy groups -OCH3 is 2. The maximum absolute atomic E-state index is 12.5. The summed E-state index contributed by atoms with van der Waals surface area (Å²) in [4.78, 5) is 16.9. The van der Waals surface area contributed by atoms with Crippen molar-refractivity contribution in [1.82, 2.24) is 15.2 Å². The average Bonchev–Trinajstić information content (AvgIpc) is 3.12. The van der Waals surface area contributed by atoms with E-state index in [1.54, 1.807) is 20.3 Å². The normalized spacial score (nSPS) is 24.6. The molecule has 28 heavy (non-hydrogen) atoms. The molecule has 2 atom stereocenters. The van der Waals surface area contributed by atoms with E-state index in [4.69, 9.17) is 14.2 Å². The molecule has 0 radical (unpaired) electrons. The molecule has 3 rings (SSSR count). The van der Waals surface area contributed by atoms with Crippen molar-refractivity contribution >= 4 is 5.97 Å². The minimum absolute atomic E-state index is 0.0345. The lowest BCUT2D eigenvalue weighted by Gasteiger charge is -2.37. The lowest BCUT2D eigenvalue weighted by atomic mass is 9.75. The van der Waals surface area contributed by atoms with Crippen molar-refractivity contribution in [3.63, 3.8) is 0 Å². The Labute approximate surface area is 165 Å². The Kier molecular flexibility index (Phi) is 6.21. The number of rotatable bonds is 6. The number of nitrogens with zero attached hydrogens (tertiary/aromatic N) is 2. The Hall–Kier alpha value is -2.57. The number of carbonyl (C=O) groups excluding carboxylic acids is 1. The predicted molar refractivity (Wildman–Crippen MR) is 105 cm³/mol. The number of esters is 1. The quantitative estimate of drug-likeness (QED) is 0.762. The van der Waals surface area contributed by atoms with Crippen LogP contribution in [0, 0.1) is 17.8 Å². The Balaban J connectivity index is 1.67. The first-order valence-electron chi connectivity index (χ1n) is 9.74. The Morgan fingerprint density at radius 2 is 1.86 bits per heavy atom. The zero-order valence-corrected chi connectivity index (χ0v) is 17.2. The summed E-state index contributed by atoms with van der Waals surface area (Å²) in [7, 11) is 3.18. The zero-order valence-electron chi connectivity index (χ0n) is 17.2. The van der Waals surface area contributed by atoms with Crippen LogP contribution in [-0.4, -0.2) is 41.5 Å². The topological polar surface area (TPSA) is 86.3 Å². The van der Waals surface area contributed by atoms with E-state index in [9.17, 15) is 4.79 Å². The molecule has 0 aliphatic heterocycles. The van der Waals surface area contributed by atoms with Gasteiger partial charge in [-0.1, -0.05) is 20.8 Å². The van der Waals surface area contributed by atoms with Crippen LogP contribution in [0.1, 0.15) is 39.4 Å². The maximum Gasteiger partial charge on any atom is 0.313 e. The summed E-state index contributed by atoms with van der Waals surface area (Å²) in [5.41, 5.74) is 0.725. The number of carbonyl (C=O) groups is 1. The first-order chi connectivity index (χ1) is 13.4. The second-order valence-corrected chi connectivity index (χ2v) is 7.83. The first-order valence-corrected chi connectivity index (χ1v) is 9.74. The van der Waals surface area contributed by atoms with Crippen molar-refractivity contribution in [2.45, 2.75) is 46.1 Å². The van der Waals surface area contributed by atoms with Crippen LogP contribution in [0.3, 0.4) is 0 Å². The average molecular weight is 387 g/mol. The number of ether oxygens (including phenoxy) is 3. The molecule has 7 nitrogen and oxygen atoms in total. The van der Waals surface area contributed by atoms with Crippen LogP contribution < -0.4 is 9.47 Å². The van der Waals surface area contributed by atoms with Crippen LogP contribution in [0.4, 0.5) is 0 Å². The second-order valence-electron chi connectivity index (χ2n) is 7.83. The van der Waals surface area contributed by atoms with Crippen LogP contribution in [0.5, 0.6) is 11.5 Å². The first kappa shape index (κ1) is 20.2. The zero-order chi connectivity index (χ0) is 20.3. The molecule has 2 unspecified atom stereocenters. The van der Waals surface area contributed by atoms with Crippen molar-refractivity contribution in [3.8, 4) is 22.9 Å². The van der Waals surface area contributed by atoms with E-state index in [-0.39, 0.29) is 18.5 Å². The fraction of sp³-hybridized carbons (Fsp3) is 0.571. The van der Waals surface area contributed by atoms with Crippen LogP contribution in [0.15, 0.2) is 18.2 Å². The molecular formula is C21H29N3O4. The van der Waals surface area contributed by atoms with Gasteiger partial charge in [0.25, 0.3) is 0 Å². The van der Waals surface area contributed by atoms with Gasteiger partial charge in [0.2, 0.25) is 0 Å². The summed E-state index contributed by atoms with van der Waals surface area (Å²) in [5, 5.41) is 7.06. The molecule has 1 heterocycles. The third-order valence-corrected chi connectivity index (χ3v) is 5.43. The van der Waals surface area contributed by atoms with Gasteiger partial charge < -0.3 is 14.2 Å². The second kappa shape index (κ2) is 8.63. The standard InChI is InChI=1S/C21H29N3O4/c1-12-8-13(2)20(14(3)9-12)28-19(25)11-18-22-21(24-23-18)16-7-6-15(26-4)10-17(16)27-5/h6-7,10,12-14,20H,8-9,11H2,1-5H3,(H,22,23,24). The van der Waals surface area contributed by atoms with Crippen molar-refractivity contribution in [3.05, 3.63) is 24.0 Å². The highest BCUT2D eigenvalue weighted by molar-refractivity contribution is 5.72. The van der Waals surface area contributed by atoms with Crippen LogP contribution in [0.2, 0.25) is 0 Å². The summed E-state index contributed by atoms with van der Waals surface area (Å²) in [6.45, 7) is 6.58. The van der Waals surface area contributed by atoms with Crippen LogP contribution in [0.25, 0.3) is 11.4 Å². The SMILES string of the molecule is COc1ccc(-c2n[nH]c(CC(=O)OC3C(C)CC(C)CC3C)n2)c(OC)c1. The van der Waals surface area contributed by atoms with Gasteiger partial charge >= 0.3 is 5.97 Å². The lowest BCUT2D eigenvalue weighted by Crippen LogP contribution is -2.37. The smallest absolute Gasteiger partial charge is 0.313 e. The number of nitrogens with one attached hydrogen (secondary N) is 1. The highest BCUT2D eigenvalue weighted by Crippen LogP contribution is 2.35. The molecule has 2 aromatic rings. The Bertz CT molecular complexity index is 808. The van der Waals surface area contributed by atoms with Gasteiger partial charge in [0, 0.05) is 6.07 Å². The highest BCUT2D eigenvalue weighted by Gasteiger charge is 2.34. The fourth-order valence-corrected chi connectivity index (χ4v) is 4.24. The van der Waals surface area contributed by atoms with E-state index in [1.807, 2.05) is 12.1 Å². The van der Waals surface area contributed by atoms with Gasteiger partial charge in [-0.3, -0.25) is 9.89 Å². The minimum atomic E-state index is -0.275. The Morgan fingerprint density at radius 1 is 1.14 bits per heavy atom. The fourth-order valence-electron chi connectivity index (χ4n) is 4.24. The number of H-pyrrole nitrogens is 1. The van der Waals surface area contributed by atoms with E-state index in [0.29, 0.717) is 40.9 Å². The molecular weight excluding hydrogens is 358 g/mol. The Morgan fingerprint density at radius 3 is 2.50 bits per heavy atom. The predicted octanol–water partition coefficient (Wildman–Crippen LogP) is 3.65. The van der Waals surface area contributed by atoms with Crippen LogP contribution >= 0.6 is 0 Å². The molecule has 1 aromatic heterocycles. The summed E-state index contributed by atoms with van der Waals surface area (Å²) in [6.07, 6.45) is 2.21. The minimum Gasteiger partial charge on any atom is -0.497 e. The van der Waals surface area contributed by atoms with E-state index >= 15 is 0 Å². The molecule has 7 heteroatoms. The molecule has 0 saturated heterocycles. The van der Waals surface area contributed by atoms with Gasteiger partial charge in [-0.25, -0.2) is 4.98 Å². The molecule has 1 fully saturated rings. The molecule has 1 N–H and O–H groups in total.